The molecule has 0 saturated heterocycles. The molecule has 1 N–H and O–H groups in total. The summed E-state index contributed by atoms with van der Waals surface area (Å²) in [6, 6.07) is 17.7. The number of aromatic nitrogens is 2. The van der Waals surface area contributed by atoms with Crippen LogP contribution in [0.5, 0.6) is 0 Å². The highest BCUT2D eigenvalue weighted by atomic mass is 32.2. The van der Waals surface area contributed by atoms with Crippen LogP contribution in [-0.4, -0.2) is 27.0 Å². The molecule has 0 aliphatic carbocycles. The molecule has 2 aromatic carbocycles. The fraction of sp³-hybridized carbons (Fsp3) is 0.150. The molecule has 0 unspecified atom stereocenters. The minimum absolute atomic E-state index is 0.107. The lowest BCUT2D eigenvalue weighted by Gasteiger charge is -2.11. The van der Waals surface area contributed by atoms with Gasteiger partial charge in [0.25, 0.3) is 0 Å². The van der Waals surface area contributed by atoms with Crippen molar-refractivity contribution >= 4 is 35.1 Å². The van der Waals surface area contributed by atoms with E-state index in [9.17, 15) is 4.79 Å². The van der Waals surface area contributed by atoms with E-state index >= 15 is 0 Å². The molecular weight excluding hydrogens is 376 g/mol. The van der Waals surface area contributed by atoms with Crippen LogP contribution in [0.1, 0.15) is 5.56 Å². The molecule has 0 radical (unpaired) electrons. The molecule has 0 aliphatic heterocycles. The Morgan fingerprint density at radius 3 is 2.78 bits per heavy atom. The Bertz CT molecular complexity index is 978. The van der Waals surface area contributed by atoms with Gasteiger partial charge < -0.3 is 5.32 Å². The second-order valence-corrected chi connectivity index (χ2v) is 7.61. The Labute approximate surface area is 166 Å². The summed E-state index contributed by atoms with van der Waals surface area (Å²) < 4.78 is 1.99. The fourth-order valence-electron chi connectivity index (χ4n) is 2.54. The Kier molecular flexibility index (Phi) is 6.58. The van der Waals surface area contributed by atoms with E-state index < -0.39 is 0 Å². The lowest BCUT2D eigenvalue weighted by atomic mass is 10.2. The molecule has 3 rings (SSSR count). The SMILES string of the molecule is Cc1ccccc1-n1ccnc1SCC(=O)Nc1ccccc1SCC#N. The maximum Gasteiger partial charge on any atom is 0.234 e. The second kappa shape index (κ2) is 9.31. The van der Waals surface area contributed by atoms with Crippen molar-refractivity contribution in [2.45, 2.75) is 17.0 Å². The van der Waals surface area contributed by atoms with E-state index in [0.717, 1.165) is 27.0 Å². The van der Waals surface area contributed by atoms with E-state index in [-0.39, 0.29) is 11.7 Å². The van der Waals surface area contributed by atoms with Crippen molar-refractivity contribution in [1.29, 1.82) is 5.26 Å². The summed E-state index contributed by atoms with van der Waals surface area (Å²) in [5, 5.41) is 12.5. The number of nitriles is 1. The van der Waals surface area contributed by atoms with Crippen LogP contribution < -0.4 is 5.32 Å². The maximum atomic E-state index is 12.4. The predicted octanol–water partition coefficient (Wildman–Crippen LogP) is 4.53. The number of amides is 1. The first-order chi connectivity index (χ1) is 13.2. The zero-order valence-electron chi connectivity index (χ0n) is 14.8. The van der Waals surface area contributed by atoms with E-state index in [2.05, 4.69) is 16.4 Å². The molecule has 0 spiro atoms. The van der Waals surface area contributed by atoms with Gasteiger partial charge in [-0.1, -0.05) is 42.1 Å². The van der Waals surface area contributed by atoms with Crippen LogP contribution >= 0.6 is 23.5 Å². The number of thioether (sulfide) groups is 2. The highest BCUT2D eigenvalue weighted by molar-refractivity contribution is 8.00. The van der Waals surface area contributed by atoms with Crippen molar-refractivity contribution in [1.82, 2.24) is 9.55 Å². The summed E-state index contributed by atoms with van der Waals surface area (Å²) in [6.45, 7) is 2.05. The Morgan fingerprint density at radius 1 is 1.19 bits per heavy atom. The van der Waals surface area contributed by atoms with Gasteiger partial charge in [0.15, 0.2) is 5.16 Å². The second-order valence-electron chi connectivity index (χ2n) is 5.65. The first kappa shape index (κ1) is 19.1. The molecule has 0 saturated carbocycles. The van der Waals surface area contributed by atoms with Crippen LogP contribution in [0.2, 0.25) is 0 Å². The normalized spacial score (nSPS) is 10.4. The predicted molar refractivity (Wildman–Crippen MR) is 110 cm³/mol. The molecule has 27 heavy (non-hydrogen) atoms. The molecule has 0 aliphatic rings. The minimum atomic E-state index is -0.107. The largest absolute Gasteiger partial charge is 0.324 e. The first-order valence-electron chi connectivity index (χ1n) is 8.30. The van der Waals surface area contributed by atoms with E-state index in [1.165, 1.54) is 23.5 Å². The van der Waals surface area contributed by atoms with Crippen molar-refractivity contribution in [3.05, 3.63) is 66.5 Å². The van der Waals surface area contributed by atoms with Crippen LogP contribution in [-0.2, 0) is 4.79 Å². The third-order valence-electron chi connectivity index (χ3n) is 3.77. The Balaban J connectivity index is 1.66. The summed E-state index contributed by atoms with van der Waals surface area (Å²) in [5.41, 5.74) is 2.92. The third-order valence-corrected chi connectivity index (χ3v) is 5.67. The van der Waals surface area contributed by atoms with Crippen LogP contribution in [0.15, 0.2) is 71.0 Å². The number of aryl methyl sites for hydroxylation is 1. The molecule has 3 aromatic rings. The summed E-state index contributed by atoms with van der Waals surface area (Å²) >= 11 is 2.80. The topological polar surface area (TPSA) is 70.7 Å². The minimum Gasteiger partial charge on any atom is -0.324 e. The van der Waals surface area contributed by atoms with E-state index in [0.29, 0.717) is 5.75 Å². The monoisotopic (exact) mass is 394 g/mol. The number of rotatable bonds is 7. The van der Waals surface area contributed by atoms with Crippen molar-refractivity contribution in [2.24, 2.45) is 0 Å². The average molecular weight is 395 g/mol. The number of anilines is 1. The number of para-hydroxylation sites is 2. The number of hydrogen-bond donors (Lipinski definition) is 1. The lowest BCUT2D eigenvalue weighted by Crippen LogP contribution is -2.15. The Morgan fingerprint density at radius 2 is 1.96 bits per heavy atom. The number of nitrogens with zero attached hydrogens (tertiary/aromatic N) is 3. The van der Waals surface area contributed by atoms with Gasteiger partial charge in [-0.25, -0.2) is 4.98 Å². The van der Waals surface area contributed by atoms with E-state index in [4.69, 9.17) is 5.26 Å². The van der Waals surface area contributed by atoms with Gasteiger partial charge in [0, 0.05) is 17.3 Å². The number of benzene rings is 2. The number of carbonyl (C=O) groups is 1. The van der Waals surface area contributed by atoms with Crippen LogP contribution in [0.3, 0.4) is 0 Å². The van der Waals surface area contributed by atoms with E-state index in [1.54, 1.807) is 6.20 Å². The molecule has 0 bridgehead atoms. The summed E-state index contributed by atoms with van der Waals surface area (Å²) in [4.78, 5) is 17.7. The molecular formula is C20H18N4OS2. The van der Waals surface area contributed by atoms with Gasteiger partial charge in [-0.05, 0) is 30.7 Å². The highest BCUT2D eigenvalue weighted by Crippen LogP contribution is 2.27. The molecule has 1 aromatic heterocycles. The average Bonchev–Trinajstić information content (AvgIpc) is 3.14. The molecule has 0 atom stereocenters. The Hall–Kier alpha value is -2.69. The van der Waals surface area contributed by atoms with Crippen LogP contribution in [0.25, 0.3) is 5.69 Å². The number of imidazole rings is 1. The summed E-state index contributed by atoms with van der Waals surface area (Å²) in [5.74, 6) is 0.486. The van der Waals surface area contributed by atoms with Crippen molar-refractivity contribution < 1.29 is 4.79 Å². The first-order valence-corrected chi connectivity index (χ1v) is 10.3. The van der Waals surface area contributed by atoms with Gasteiger partial charge in [-0.2, -0.15) is 5.26 Å². The molecule has 0 fully saturated rings. The van der Waals surface area contributed by atoms with Crippen molar-refractivity contribution in [2.75, 3.05) is 16.8 Å². The van der Waals surface area contributed by atoms with Gasteiger partial charge in [-0.15, -0.1) is 11.8 Å². The number of nitrogens with one attached hydrogen (secondary N) is 1. The zero-order chi connectivity index (χ0) is 19.1. The van der Waals surface area contributed by atoms with Crippen LogP contribution in [0.4, 0.5) is 5.69 Å². The highest BCUT2D eigenvalue weighted by Gasteiger charge is 2.12. The van der Waals surface area contributed by atoms with Gasteiger partial charge in [0.1, 0.15) is 0 Å². The van der Waals surface area contributed by atoms with Crippen molar-refractivity contribution in [3.8, 4) is 11.8 Å². The summed E-state index contributed by atoms with van der Waals surface area (Å²) in [6.07, 6.45) is 3.64. The summed E-state index contributed by atoms with van der Waals surface area (Å²) in [7, 11) is 0. The zero-order valence-corrected chi connectivity index (χ0v) is 16.4. The molecule has 1 amide bonds. The molecule has 1 heterocycles. The molecule has 7 heteroatoms. The van der Waals surface area contributed by atoms with Crippen molar-refractivity contribution in [3.63, 3.8) is 0 Å². The third kappa shape index (κ3) is 4.94. The molecule has 5 nitrogen and oxygen atoms in total. The number of hydrogen-bond acceptors (Lipinski definition) is 5. The van der Waals surface area contributed by atoms with Crippen LogP contribution in [0, 0.1) is 18.3 Å². The smallest absolute Gasteiger partial charge is 0.234 e. The van der Waals surface area contributed by atoms with E-state index in [1.807, 2.05) is 66.2 Å². The standard InChI is InChI=1S/C20H18N4OS2/c1-15-6-2-4-8-17(15)24-12-11-22-20(24)27-14-19(25)23-16-7-3-5-9-18(16)26-13-10-21/h2-9,11-12H,13-14H2,1H3,(H,23,25). The quantitative estimate of drug-likeness (QED) is 0.596. The van der Waals surface area contributed by atoms with Gasteiger partial charge in [0.2, 0.25) is 5.91 Å². The van der Waals surface area contributed by atoms with Gasteiger partial charge in [0.05, 0.1) is 28.9 Å². The van der Waals surface area contributed by atoms with Gasteiger partial charge in [-0.3, -0.25) is 9.36 Å². The lowest BCUT2D eigenvalue weighted by molar-refractivity contribution is -0.113. The molecule has 136 valence electrons. The fourth-order valence-corrected chi connectivity index (χ4v) is 3.97. The number of carbonyl (C=O) groups excluding carboxylic acids is 1. The van der Waals surface area contributed by atoms with Gasteiger partial charge >= 0.3 is 0 Å². The maximum absolute atomic E-state index is 12.4.